The molecule has 1 aliphatic carbocycles. The third kappa shape index (κ3) is 3.04. The lowest BCUT2D eigenvalue weighted by molar-refractivity contribution is 0.00974. The highest BCUT2D eigenvalue weighted by Gasteiger charge is 2.41. The average Bonchev–Trinajstić information content (AvgIpc) is 2.46. The second kappa shape index (κ2) is 6.68. The normalized spacial score (nSPS) is 26.9. The van der Waals surface area contributed by atoms with E-state index in [0.29, 0.717) is 5.92 Å². The molecule has 1 aromatic heterocycles. The van der Waals surface area contributed by atoms with Crippen LogP contribution in [-0.4, -0.2) is 28.5 Å². The molecule has 0 aliphatic heterocycles. The Morgan fingerprint density at radius 2 is 2.20 bits per heavy atom. The highest BCUT2D eigenvalue weighted by atomic mass is 15.2. The Balaban J connectivity index is 2.21. The zero-order valence-electron chi connectivity index (χ0n) is 13.2. The number of nitrogens with zero attached hydrogens (tertiary/aromatic N) is 2. The van der Waals surface area contributed by atoms with Crippen LogP contribution in [0.2, 0.25) is 0 Å². The minimum atomic E-state index is 0.165. The molecule has 1 aromatic rings. The highest BCUT2D eigenvalue weighted by molar-refractivity contribution is 5.11. The second-order valence-electron chi connectivity index (χ2n) is 6.24. The number of hydrogen-bond donors (Lipinski definition) is 1. The summed E-state index contributed by atoms with van der Waals surface area (Å²) < 4.78 is 0. The molecule has 2 atom stereocenters. The molecule has 0 aromatic carbocycles. The SMILES string of the molecule is CCN(Cc1cccc(C)n1)C1(CN)CCCCC1C. The van der Waals surface area contributed by atoms with Crippen LogP contribution in [0.4, 0.5) is 0 Å². The maximum atomic E-state index is 6.23. The average molecular weight is 275 g/mol. The van der Waals surface area contributed by atoms with Gasteiger partial charge in [-0.15, -0.1) is 0 Å². The van der Waals surface area contributed by atoms with Crippen LogP contribution >= 0.6 is 0 Å². The number of aromatic nitrogens is 1. The summed E-state index contributed by atoms with van der Waals surface area (Å²) in [7, 11) is 0. The van der Waals surface area contributed by atoms with Gasteiger partial charge in [0.2, 0.25) is 0 Å². The predicted molar refractivity (Wildman–Crippen MR) is 84.5 cm³/mol. The molecule has 2 N–H and O–H groups in total. The molecule has 1 heterocycles. The minimum absolute atomic E-state index is 0.165. The number of hydrogen-bond acceptors (Lipinski definition) is 3. The molecule has 0 bridgehead atoms. The van der Waals surface area contributed by atoms with Crippen molar-refractivity contribution < 1.29 is 0 Å². The van der Waals surface area contributed by atoms with E-state index in [4.69, 9.17) is 5.73 Å². The number of likely N-dealkylation sites (N-methyl/N-ethyl adjacent to an activating group) is 1. The van der Waals surface area contributed by atoms with Gasteiger partial charge in [0.25, 0.3) is 0 Å². The standard InChI is InChI=1S/C17H29N3/c1-4-20(12-16-10-7-9-15(3)19-16)17(13-18)11-6-5-8-14(17)2/h7,9-10,14H,4-6,8,11-13,18H2,1-3H3. The summed E-state index contributed by atoms with van der Waals surface area (Å²) in [6.45, 7) is 9.39. The Hall–Kier alpha value is -0.930. The topological polar surface area (TPSA) is 42.2 Å². The van der Waals surface area contributed by atoms with Crippen molar-refractivity contribution >= 4 is 0 Å². The van der Waals surface area contributed by atoms with E-state index in [0.717, 1.165) is 31.0 Å². The summed E-state index contributed by atoms with van der Waals surface area (Å²) in [6.07, 6.45) is 5.18. The van der Waals surface area contributed by atoms with Gasteiger partial charge in [-0.1, -0.05) is 32.8 Å². The van der Waals surface area contributed by atoms with Crippen LogP contribution in [0, 0.1) is 12.8 Å². The van der Waals surface area contributed by atoms with E-state index in [-0.39, 0.29) is 5.54 Å². The van der Waals surface area contributed by atoms with Crippen molar-refractivity contribution in [3.63, 3.8) is 0 Å². The van der Waals surface area contributed by atoms with E-state index in [1.807, 2.05) is 0 Å². The molecule has 0 amide bonds. The van der Waals surface area contributed by atoms with Crippen LogP contribution in [0.15, 0.2) is 18.2 Å². The van der Waals surface area contributed by atoms with E-state index < -0.39 is 0 Å². The van der Waals surface area contributed by atoms with E-state index in [1.54, 1.807) is 0 Å². The molecular weight excluding hydrogens is 246 g/mol. The summed E-state index contributed by atoms with van der Waals surface area (Å²) in [5.74, 6) is 0.672. The predicted octanol–water partition coefficient (Wildman–Crippen LogP) is 3.12. The third-order valence-electron chi connectivity index (χ3n) is 5.08. The second-order valence-corrected chi connectivity index (χ2v) is 6.24. The maximum absolute atomic E-state index is 6.23. The van der Waals surface area contributed by atoms with Crippen molar-refractivity contribution in [3.05, 3.63) is 29.6 Å². The molecule has 1 aliphatic rings. The molecule has 3 heteroatoms. The van der Waals surface area contributed by atoms with Gasteiger partial charge in [-0.25, -0.2) is 0 Å². The van der Waals surface area contributed by atoms with Gasteiger partial charge in [0, 0.05) is 24.3 Å². The first-order valence-corrected chi connectivity index (χ1v) is 8.00. The Kier molecular flexibility index (Phi) is 5.17. The van der Waals surface area contributed by atoms with E-state index in [2.05, 4.69) is 48.9 Å². The summed E-state index contributed by atoms with van der Waals surface area (Å²) in [5.41, 5.74) is 8.65. The molecule has 2 unspecified atom stereocenters. The number of rotatable bonds is 5. The van der Waals surface area contributed by atoms with Gasteiger partial charge in [0.1, 0.15) is 0 Å². The van der Waals surface area contributed by atoms with E-state index in [1.165, 1.54) is 25.7 Å². The molecule has 0 saturated heterocycles. The van der Waals surface area contributed by atoms with Crippen LogP contribution in [0.5, 0.6) is 0 Å². The van der Waals surface area contributed by atoms with E-state index in [9.17, 15) is 0 Å². The van der Waals surface area contributed by atoms with Crippen LogP contribution in [0.1, 0.15) is 50.9 Å². The van der Waals surface area contributed by atoms with Gasteiger partial charge in [0.15, 0.2) is 0 Å². The zero-order valence-corrected chi connectivity index (χ0v) is 13.2. The van der Waals surface area contributed by atoms with Crippen LogP contribution in [0.3, 0.4) is 0 Å². The quantitative estimate of drug-likeness (QED) is 0.897. The number of pyridine rings is 1. The van der Waals surface area contributed by atoms with Crippen LogP contribution < -0.4 is 5.73 Å². The van der Waals surface area contributed by atoms with Gasteiger partial charge < -0.3 is 5.73 Å². The Labute approximate surface area is 123 Å². The molecule has 1 saturated carbocycles. The van der Waals surface area contributed by atoms with Gasteiger partial charge >= 0.3 is 0 Å². The molecule has 20 heavy (non-hydrogen) atoms. The van der Waals surface area contributed by atoms with Gasteiger partial charge in [0.05, 0.1) is 5.69 Å². The molecule has 2 rings (SSSR count). The summed E-state index contributed by atoms with van der Waals surface area (Å²) in [4.78, 5) is 7.23. The van der Waals surface area contributed by atoms with Crippen molar-refractivity contribution in [1.82, 2.24) is 9.88 Å². The summed E-state index contributed by atoms with van der Waals surface area (Å²) in [6, 6.07) is 6.29. The first kappa shape index (κ1) is 15.5. The smallest absolute Gasteiger partial charge is 0.0547 e. The number of aryl methyl sites for hydroxylation is 1. The van der Waals surface area contributed by atoms with Crippen molar-refractivity contribution in [1.29, 1.82) is 0 Å². The molecule has 0 radical (unpaired) electrons. The monoisotopic (exact) mass is 275 g/mol. The zero-order chi connectivity index (χ0) is 14.6. The first-order chi connectivity index (χ1) is 9.62. The van der Waals surface area contributed by atoms with Gasteiger partial charge in [-0.2, -0.15) is 0 Å². The largest absolute Gasteiger partial charge is 0.329 e. The van der Waals surface area contributed by atoms with Crippen LogP contribution in [0.25, 0.3) is 0 Å². The highest BCUT2D eigenvalue weighted by Crippen LogP contribution is 2.38. The van der Waals surface area contributed by atoms with Crippen molar-refractivity contribution in [2.45, 2.75) is 58.5 Å². The molecular formula is C17H29N3. The Bertz CT molecular complexity index is 432. The Morgan fingerprint density at radius 3 is 2.80 bits per heavy atom. The number of nitrogens with two attached hydrogens (primary N) is 1. The summed E-state index contributed by atoms with van der Waals surface area (Å²) >= 11 is 0. The lowest BCUT2D eigenvalue weighted by Crippen LogP contribution is -2.58. The minimum Gasteiger partial charge on any atom is -0.329 e. The fourth-order valence-electron chi connectivity index (χ4n) is 3.77. The van der Waals surface area contributed by atoms with Gasteiger partial charge in [-0.05, 0) is 44.4 Å². The maximum Gasteiger partial charge on any atom is 0.0547 e. The third-order valence-corrected chi connectivity index (χ3v) is 5.08. The molecule has 112 valence electrons. The molecule has 3 nitrogen and oxygen atoms in total. The van der Waals surface area contributed by atoms with Gasteiger partial charge in [-0.3, -0.25) is 9.88 Å². The fraction of sp³-hybridized carbons (Fsp3) is 0.706. The Morgan fingerprint density at radius 1 is 1.40 bits per heavy atom. The summed E-state index contributed by atoms with van der Waals surface area (Å²) in [5, 5.41) is 0. The molecule has 1 fully saturated rings. The van der Waals surface area contributed by atoms with Crippen molar-refractivity contribution in [3.8, 4) is 0 Å². The first-order valence-electron chi connectivity index (χ1n) is 8.00. The fourth-order valence-corrected chi connectivity index (χ4v) is 3.77. The van der Waals surface area contributed by atoms with Crippen LogP contribution in [-0.2, 0) is 6.54 Å². The van der Waals surface area contributed by atoms with E-state index >= 15 is 0 Å². The molecule has 0 spiro atoms. The lowest BCUT2D eigenvalue weighted by Gasteiger charge is -2.50. The van der Waals surface area contributed by atoms with Crippen molar-refractivity contribution in [2.75, 3.05) is 13.1 Å². The van der Waals surface area contributed by atoms with Crippen molar-refractivity contribution in [2.24, 2.45) is 11.7 Å². The lowest BCUT2D eigenvalue weighted by atomic mass is 9.72.